The monoisotopic (exact) mass is 310 g/mol. The van der Waals surface area contributed by atoms with E-state index in [9.17, 15) is 14.9 Å². The normalized spacial score (nSPS) is 10.5. The maximum absolute atomic E-state index is 11.0. The molecule has 22 heavy (non-hydrogen) atoms. The number of rotatable bonds is 10. The molecule has 0 unspecified atom stereocenters. The summed E-state index contributed by atoms with van der Waals surface area (Å²) in [5.74, 6) is 0.592. The third-order valence-corrected chi connectivity index (χ3v) is 3.41. The van der Waals surface area contributed by atoms with Crippen molar-refractivity contribution in [3.63, 3.8) is 0 Å². The number of methoxy groups -OCH3 is 1. The van der Waals surface area contributed by atoms with Crippen molar-refractivity contribution in [2.75, 3.05) is 33.4 Å². The van der Waals surface area contributed by atoms with E-state index in [1.54, 1.807) is 0 Å². The van der Waals surface area contributed by atoms with Crippen LogP contribution in [0.15, 0.2) is 12.1 Å². The Balaban J connectivity index is 2.78. The van der Waals surface area contributed by atoms with Crippen LogP contribution >= 0.6 is 0 Å². The predicted molar refractivity (Wildman–Crippen MR) is 82.9 cm³/mol. The number of nitrogens with zero attached hydrogens (tertiary/aromatic N) is 2. The second-order valence-corrected chi connectivity index (χ2v) is 4.67. The number of nitro benzene ring substituents is 1. The molecule has 1 aromatic carbocycles. The third-order valence-electron chi connectivity index (χ3n) is 3.41. The van der Waals surface area contributed by atoms with Crippen molar-refractivity contribution >= 4 is 12.0 Å². The molecule has 7 heteroatoms. The molecule has 0 N–H and O–H groups in total. The average Bonchev–Trinajstić information content (AvgIpc) is 2.54. The minimum Gasteiger partial charge on any atom is -0.493 e. The minimum absolute atomic E-state index is 0.0302. The molecular formula is C15H22N2O5. The Morgan fingerprint density at radius 2 is 1.95 bits per heavy atom. The van der Waals surface area contributed by atoms with Crippen LogP contribution in [-0.2, 0) is 0 Å². The summed E-state index contributed by atoms with van der Waals surface area (Å²) in [5, 5.41) is 11.0. The molecule has 0 saturated heterocycles. The van der Waals surface area contributed by atoms with E-state index in [4.69, 9.17) is 9.47 Å². The van der Waals surface area contributed by atoms with Crippen LogP contribution < -0.4 is 9.47 Å². The van der Waals surface area contributed by atoms with Gasteiger partial charge in [-0.15, -0.1) is 0 Å². The maximum Gasteiger partial charge on any atom is 0.283 e. The van der Waals surface area contributed by atoms with E-state index in [1.165, 1.54) is 19.2 Å². The topological polar surface area (TPSA) is 81.9 Å². The number of benzene rings is 1. The van der Waals surface area contributed by atoms with Gasteiger partial charge in [0.05, 0.1) is 30.3 Å². The number of nitro groups is 1. The fraction of sp³-hybridized carbons (Fsp3) is 0.533. The zero-order chi connectivity index (χ0) is 16.5. The Labute approximate surface area is 130 Å². The molecule has 0 heterocycles. The highest BCUT2D eigenvalue weighted by Gasteiger charge is 2.19. The summed E-state index contributed by atoms with van der Waals surface area (Å²) >= 11 is 0. The molecule has 1 rings (SSSR count). The van der Waals surface area contributed by atoms with Crippen molar-refractivity contribution in [1.29, 1.82) is 0 Å². The number of aldehydes is 1. The van der Waals surface area contributed by atoms with Gasteiger partial charge in [-0.2, -0.15) is 0 Å². The zero-order valence-corrected chi connectivity index (χ0v) is 13.2. The Bertz CT molecular complexity index is 515. The van der Waals surface area contributed by atoms with Gasteiger partial charge in [0.2, 0.25) is 0 Å². The molecule has 0 aliphatic carbocycles. The van der Waals surface area contributed by atoms with E-state index in [0.717, 1.165) is 26.1 Å². The second kappa shape index (κ2) is 8.99. The number of ether oxygens (including phenoxy) is 2. The van der Waals surface area contributed by atoms with E-state index >= 15 is 0 Å². The van der Waals surface area contributed by atoms with Gasteiger partial charge < -0.3 is 14.4 Å². The van der Waals surface area contributed by atoms with Gasteiger partial charge in [-0.05, 0) is 19.5 Å². The highest BCUT2D eigenvalue weighted by molar-refractivity contribution is 5.83. The van der Waals surface area contributed by atoms with Crippen LogP contribution in [0.3, 0.4) is 0 Å². The fourth-order valence-electron chi connectivity index (χ4n) is 2.10. The predicted octanol–water partition coefficient (Wildman–Crippen LogP) is 2.53. The zero-order valence-electron chi connectivity index (χ0n) is 13.2. The fourth-order valence-corrected chi connectivity index (χ4v) is 2.10. The SMILES string of the molecule is CCN(CC)CCCOc1cc([N+](=O)[O-])c(C=O)cc1OC. The lowest BCUT2D eigenvalue weighted by Gasteiger charge is -2.18. The molecule has 122 valence electrons. The van der Waals surface area contributed by atoms with Gasteiger partial charge in [-0.1, -0.05) is 13.8 Å². The third kappa shape index (κ3) is 4.70. The van der Waals surface area contributed by atoms with Gasteiger partial charge in [-0.25, -0.2) is 0 Å². The van der Waals surface area contributed by atoms with Gasteiger partial charge in [0.25, 0.3) is 5.69 Å². The molecule has 0 saturated carbocycles. The molecule has 0 aromatic heterocycles. The van der Waals surface area contributed by atoms with Gasteiger partial charge in [0.1, 0.15) is 0 Å². The first kappa shape index (κ1) is 17.9. The molecule has 1 aromatic rings. The lowest BCUT2D eigenvalue weighted by molar-refractivity contribution is -0.385. The van der Waals surface area contributed by atoms with Crippen molar-refractivity contribution in [2.45, 2.75) is 20.3 Å². The number of hydrogen-bond donors (Lipinski definition) is 0. The van der Waals surface area contributed by atoms with Crippen LogP contribution in [0.25, 0.3) is 0 Å². The first-order chi connectivity index (χ1) is 10.6. The van der Waals surface area contributed by atoms with E-state index in [1.807, 2.05) is 0 Å². The number of hydrogen-bond acceptors (Lipinski definition) is 6. The van der Waals surface area contributed by atoms with Crippen LogP contribution in [0.5, 0.6) is 11.5 Å². The number of carbonyl (C=O) groups excluding carboxylic acids is 1. The van der Waals surface area contributed by atoms with E-state index in [-0.39, 0.29) is 17.0 Å². The first-order valence-corrected chi connectivity index (χ1v) is 7.24. The van der Waals surface area contributed by atoms with Gasteiger partial charge in [0.15, 0.2) is 17.8 Å². The van der Waals surface area contributed by atoms with Crippen LogP contribution in [0.4, 0.5) is 5.69 Å². The largest absolute Gasteiger partial charge is 0.493 e. The first-order valence-electron chi connectivity index (χ1n) is 7.24. The molecule has 0 aliphatic heterocycles. The Kier molecular flexibility index (Phi) is 7.31. The van der Waals surface area contributed by atoms with Crippen molar-refractivity contribution in [1.82, 2.24) is 4.90 Å². The summed E-state index contributed by atoms with van der Waals surface area (Å²) < 4.78 is 10.7. The highest BCUT2D eigenvalue weighted by Crippen LogP contribution is 2.34. The van der Waals surface area contributed by atoms with Crippen LogP contribution in [0.2, 0.25) is 0 Å². The Hall–Kier alpha value is -2.15. The summed E-state index contributed by atoms with van der Waals surface area (Å²) in [6.45, 7) is 7.44. The van der Waals surface area contributed by atoms with Gasteiger partial charge >= 0.3 is 0 Å². The molecule has 7 nitrogen and oxygen atoms in total. The lowest BCUT2D eigenvalue weighted by atomic mass is 10.1. The molecular weight excluding hydrogens is 288 g/mol. The summed E-state index contributed by atoms with van der Waals surface area (Å²) in [4.78, 5) is 23.5. The van der Waals surface area contributed by atoms with Crippen LogP contribution in [-0.4, -0.2) is 49.5 Å². The van der Waals surface area contributed by atoms with Crippen molar-refractivity contribution < 1.29 is 19.2 Å². The van der Waals surface area contributed by atoms with Gasteiger partial charge in [-0.3, -0.25) is 14.9 Å². The molecule has 0 atom stereocenters. The van der Waals surface area contributed by atoms with Crippen molar-refractivity contribution in [2.24, 2.45) is 0 Å². The molecule has 0 bridgehead atoms. The maximum atomic E-state index is 11.0. The standard InChI is InChI=1S/C15H22N2O5/c1-4-16(5-2)7-6-8-22-15-10-13(17(19)20)12(11-18)9-14(15)21-3/h9-11H,4-8H2,1-3H3. The molecule has 0 aliphatic rings. The smallest absolute Gasteiger partial charge is 0.283 e. The lowest BCUT2D eigenvalue weighted by Crippen LogP contribution is -2.25. The van der Waals surface area contributed by atoms with Crippen molar-refractivity contribution in [3.05, 3.63) is 27.8 Å². The van der Waals surface area contributed by atoms with Crippen molar-refractivity contribution in [3.8, 4) is 11.5 Å². The quantitative estimate of drug-likeness (QED) is 0.286. The van der Waals surface area contributed by atoms with E-state index in [0.29, 0.717) is 18.6 Å². The average molecular weight is 310 g/mol. The van der Waals surface area contributed by atoms with Gasteiger partial charge in [0, 0.05) is 12.6 Å². The summed E-state index contributed by atoms with van der Waals surface area (Å²) in [6.07, 6.45) is 1.23. The molecule has 0 radical (unpaired) electrons. The number of carbonyl (C=O) groups is 1. The molecule has 0 amide bonds. The highest BCUT2D eigenvalue weighted by atomic mass is 16.6. The van der Waals surface area contributed by atoms with Crippen LogP contribution in [0, 0.1) is 10.1 Å². The Morgan fingerprint density at radius 3 is 2.45 bits per heavy atom. The summed E-state index contributed by atoms with van der Waals surface area (Å²) in [7, 11) is 1.43. The summed E-state index contributed by atoms with van der Waals surface area (Å²) in [6, 6.07) is 2.56. The second-order valence-electron chi connectivity index (χ2n) is 4.67. The van der Waals surface area contributed by atoms with E-state index in [2.05, 4.69) is 18.7 Å². The van der Waals surface area contributed by atoms with E-state index < -0.39 is 4.92 Å². The molecule has 0 spiro atoms. The summed E-state index contributed by atoms with van der Waals surface area (Å²) in [5.41, 5.74) is -0.313. The molecule has 0 fully saturated rings. The van der Waals surface area contributed by atoms with Crippen LogP contribution in [0.1, 0.15) is 30.6 Å². The Morgan fingerprint density at radius 1 is 1.27 bits per heavy atom. The minimum atomic E-state index is -0.605.